The molecule has 8 nitrogen and oxygen atoms in total. The number of amides is 2. The normalized spacial score (nSPS) is 15.2. The first-order valence-electron chi connectivity index (χ1n) is 11.1. The van der Waals surface area contributed by atoms with Gasteiger partial charge in [0.1, 0.15) is 5.82 Å². The Labute approximate surface area is 194 Å². The van der Waals surface area contributed by atoms with Crippen molar-refractivity contribution in [3.8, 4) is 0 Å². The van der Waals surface area contributed by atoms with Gasteiger partial charge < -0.3 is 0 Å². The van der Waals surface area contributed by atoms with Crippen molar-refractivity contribution < 1.29 is 18.8 Å². The highest BCUT2D eigenvalue weighted by Gasteiger charge is 2.30. The number of hydrogen-bond acceptors (Lipinski definition) is 6. The zero-order valence-electron chi connectivity index (χ0n) is 19.6. The molecule has 0 spiro atoms. The van der Waals surface area contributed by atoms with Crippen molar-refractivity contribution in [3.63, 3.8) is 0 Å². The molecule has 0 bridgehead atoms. The van der Waals surface area contributed by atoms with Gasteiger partial charge in [-0.05, 0) is 69.5 Å². The molecule has 1 aliphatic rings. The number of pyridine rings is 1. The molecule has 1 N–H and O–H groups in total. The van der Waals surface area contributed by atoms with E-state index >= 15 is 0 Å². The predicted octanol–water partition coefficient (Wildman–Crippen LogP) is 3.75. The van der Waals surface area contributed by atoms with Crippen LogP contribution >= 0.6 is 0 Å². The van der Waals surface area contributed by atoms with Gasteiger partial charge in [0.15, 0.2) is 0 Å². The van der Waals surface area contributed by atoms with Crippen molar-refractivity contribution in [1.29, 1.82) is 0 Å². The summed E-state index contributed by atoms with van der Waals surface area (Å²) in [5.41, 5.74) is 4.25. The second-order valence-corrected chi connectivity index (χ2v) is 9.20. The van der Waals surface area contributed by atoms with Crippen LogP contribution in [0.5, 0.6) is 0 Å². The Balaban J connectivity index is 1.64. The average molecular weight is 458 g/mol. The Morgan fingerprint density at radius 3 is 2.61 bits per heavy atom. The molecule has 178 valence electrons. The molecule has 1 aliphatic heterocycles. The van der Waals surface area contributed by atoms with Crippen LogP contribution in [0, 0.1) is 5.82 Å². The number of carbonyl (C=O) groups excluding carboxylic acids is 2. The van der Waals surface area contributed by atoms with Crippen molar-refractivity contribution in [2.45, 2.75) is 58.7 Å². The van der Waals surface area contributed by atoms with Crippen molar-refractivity contribution in [2.75, 3.05) is 23.5 Å². The van der Waals surface area contributed by atoms with E-state index in [9.17, 15) is 14.0 Å². The van der Waals surface area contributed by atoms with Crippen LogP contribution in [0.1, 0.15) is 46.1 Å². The summed E-state index contributed by atoms with van der Waals surface area (Å²) in [5, 5.41) is 2.73. The number of nitrogens with zero attached hydrogens (tertiary/aromatic N) is 4. The minimum atomic E-state index is -0.449. The summed E-state index contributed by atoms with van der Waals surface area (Å²) >= 11 is 0. The number of aromatic nitrogens is 1. The monoisotopic (exact) mass is 457 g/mol. The number of benzene rings is 1. The van der Waals surface area contributed by atoms with E-state index in [4.69, 9.17) is 4.84 Å². The van der Waals surface area contributed by atoms with Crippen LogP contribution < -0.4 is 10.4 Å². The largest absolute Gasteiger partial charge is 0.299 e. The summed E-state index contributed by atoms with van der Waals surface area (Å²) < 4.78 is 14.4. The number of anilines is 2. The fourth-order valence-corrected chi connectivity index (χ4v) is 3.84. The number of halogens is 1. The molecule has 1 saturated heterocycles. The lowest BCUT2D eigenvalue weighted by Crippen LogP contribution is -2.49. The van der Waals surface area contributed by atoms with Gasteiger partial charge >= 0.3 is 0 Å². The Kier molecular flexibility index (Phi) is 7.99. The van der Waals surface area contributed by atoms with Crippen LogP contribution in [0.2, 0.25) is 0 Å². The Morgan fingerprint density at radius 1 is 1.30 bits per heavy atom. The Hall–Kier alpha value is -3.04. The number of carbonyl (C=O) groups is 2. The quantitative estimate of drug-likeness (QED) is 0.481. The van der Waals surface area contributed by atoms with Gasteiger partial charge in [-0.25, -0.2) is 14.5 Å². The molecular weight excluding hydrogens is 425 g/mol. The summed E-state index contributed by atoms with van der Waals surface area (Å²) in [6.45, 7) is 9.32. The molecule has 0 atom stereocenters. The molecular formula is C24H32FN5O3. The minimum absolute atomic E-state index is 0.00952. The third kappa shape index (κ3) is 7.23. The predicted molar refractivity (Wildman–Crippen MR) is 124 cm³/mol. The smallest absolute Gasteiger partial charge is 0.243 e. The molecule has 0 saturated carbocycles. The molecule has 2 amide bonds. The molecule has 1 aromatic heterocycles. The highest BCUT2D eigenvalue weighted by atomic mass is 19.1. The number of rotatable bonds is 8. The molecule has 0 aliphatic carbocycles. The molecule has 2 aromatic rings. The number of piperidine rings is 1. The fraction of sp³-hybridized carbons (Fsp3) is 0.458. The highest BCUT2D eigenvalue weighted by Crippen LogP contribution is 2.24. The van der Waals surface area contributed by atoms with Crippen LogP contribution in [-0.2, 0) is 21.0 Å². The number of hydrogen-bond donors (Lipinski definition) is 1. The van der Waals surface area contributed by atoms with Crippen molar-refractivity contribution >= 4 is 23.7 Å². The number of likely N-dealkylation sites (tertiary alicyclic amines) is 1. The van der Waals surface area contributed by atoms with Gasteiger partial charge in [-0.3, -0.25) is 29.7 Å². The first kappa shape index (κ1) is 24.6. The summed E-state index contributed by atoms with van der Waals surface area (Å²) in [6, 6.07) is 8.09. The molecule has 0 radical (unpaired) electrons. The third-order valence-electron chi connectivity index (χ3n) is 5.21. The van der Waals surface area contributed by atoms with Crippen LogP contribution in [0.4, 0.5) is 15.8 Å². The average Bonchev–Trinajstić information content (AvgIpc) is 2.76. The Bertz CT molecular complexity index is 943. The Morgan fingerprint density at radius 2 is 2.03 bits per heavy atom. The molecule has 9 heteroatoms. The summed E-state index contributed by atoms with van der Waals surface area (Å²) in [4.78, 5) is 35.8. The van der Waals surface area contributed by atoms with E-state index in [0.717, 1.165) is 31.5 Å². The zero-order valence-corrected chi connectivity index (χ0v) is 19.6. The van der Waals surface area contributed by atoms with Gasteiger partial charge in [0.25, 0.3) is 0 Å². The van der Waals surface area contributed by atoms with E-state index in [1.54, 1.807) is 30.6 Å². The third-order valence-corrected chi connectivity index (χ3v) is 5.21. The lowest BCUT2D eigenvalue weighted by atomic mass is 10.0. The van der Waals surface area contributed by atoms with Gasteiger partial charge in [0.2, 0.25) is 12.3 Å². The lowest BCUT2D eigenvalue weighted by Gasteiger charge is -2.39. The maximum atomic E-state index is 14.4. The van der Waals surface area contributed by atoms with Crippen LogP contribution in [0.25, 0.3) is 0 Å². The van der Waals surface area contributed by atoms with Crippen molar-refractivity contribution in [2.24, 2.45) is 0 Å². The fourth-order valence-electron chi connectivity index (χ4n) is 3.84. The molecule has 3 rings (SSSR count). The van der Waals surface area contributed by atoms with Crippen molar-refractivity contribution in [3.05, 3.63) is 54.1 Å². The second kappa shape index (κ2) is 10.7. The summed E-state index contributed by atoms with van der Waals surface area (Å²) in [5.74, 6) is -0.522. The maximum absolute atomic E-state index is 14.4. The van der Waals surface area contributed by atoms with E-state index in [-0.39, 0.29) is 11.9 Å². The SMILES string of the molecule is CC(=O)N(OC(C)(C)C)C1CCN(Cc2cc(F)cc(N(C=O)Nc3cccnc3)c2)CC1. The number of nitrogens with one attached hydrogen (secondary N) is 1. The highest BCUT2D eigenvalue weighted by molar-refractivity contribution is 5.78. The van der Waals surface area contributed by atoms with Gasteiger partial charge in [-0.15, -0.1) is 0 Å². The molecule has 2 heterocycles. The van der Waals surface area contributed by atoms with Gasteiger partial charge in [-0.2, -0.15) is 0 Å². The molecule has 1 aromatic carbocycles. The lowest BCUT2D eigenvalue weighted by molar-refractivity contribution is -0.245. The first-order valence-corrected chi connectivity index (χ1v) is 11.1. The maximum Gasteiger partial charge on any atom is 0.243 e. The number of hydrazine groups is 1. The zero-order chi connectivity index (χ0) is 24.0. The van der Waals surface area contributed by atoms with E-state index in [1.807, 2.05) is 20.8 Å². The van der Waals surface area contributed by atoms with E-state index in [0.29, 0.717) is 24.3 Å². The molecule has 1 fully saturated rings. The first-order chi connectivity index (χ1) is 15.6. The van der Waals surface area contributed by atoms with E-state index in [1.165, 1.54) is 29.1 Å². The minimum Gasteiger partial charge on any atom is -0.299 e. The van der Waals surface area contributed by atoms with Crippen molar-refractivity contribution in [1.82, 2.24) is 14.9 Å². The topological polar surface area (TPSA) is 78.0 Å². The summed E-state index contributed by atoms with van der Waals surface area (Å²) in [6.07, 6.45) is 5.34. The van der Waals surface area contributed by atoms with Crippen LogP contribution in [-0.4, -0.2) is 52.0 Å². The van der Waals surface area contributed by atoms with E-state index < -0.39 is 11.4 Å². The standard InChI is InChI=1S/C24H32FN5O3/c1-18(32)30(33-24(2,3)4)22-7-10-28(11-8-22)16-19-12-20(25)14-23(13-19)29(17-31)27-21-6-5-9-26-15-21/h5-6,9,12-15,17,22,27H,7-8,10-11,16H2,1-4H3. The van der Waals surface area contributed by atoms with Gasteiger partial charge in [0, 0.05) is 32.8 Å². The summed E-state index contributed by atoms with van der Waals surface area (Å²) in [7, 11) is 0. The van der Waals surface area contributed by atoms with E-state index in [2.05, 4.69) is 15.3 Å². The molecule has 0 unspecified atom stereocenters. The van der Waals surface area contributed by atoms with Crippen LogP contribution in [0.3, 0.4) is 0 Å². The van der Waals surface area contributed by atoms with Gasteiger partial charge in [-0.1, -0.05) is 0 Å². The molecule has 33 heavy (non-hydrogen) atoms. The number of hydroxylamine groups is 2. The van der Waals surface area contributed by atoms with Gasteiger partial charge in [0.05, 0.1) is 29.2 Å². The van der Waals surface area contributed by atoms with Crippen LogP contribution in [0.15, 0.2) is 42.7 Å². The second-order valence-electron chi connectivity index (χ2n) is 9.20.